The first-order valence-corrected chi connectivity index (χ1v) is 6.63. The molecule has 0 bridgehead atoms. The van der Waals surface area contributed by atoms with Gasteiger partial charge in [-0.1, -0.05) is 5.21 Å². The van der Waals surface area contributed by atoms with Gasteiger partial charge in [-0.05, 0) is 4.92 Å². The number of aryl methyl sites for hydroxylation is 2. The number of hydrogen-bond acceptors (Lipinski definition) is 6. The zero-order valence-corrected chi connectivity index (χ0v) is 11.9. The highest BCUT2D eigenvalue weighted by atomic mass is 16.6. The van der Waals surface area contributed by atoms with Crippen LogP contribution in [0, 0.1) is 10.1 Å². The van der Waals surface area contributed by atoms with Crippen LogP contribution >= 0.6 is 0 Å². The Hall–Kier alpha value is -3.04. The van der Waals surface area contributed by atoms with Crippen molar-refractivity contribution >= 4 is 5.82 Å². The molecule has 3 rings (SSSR count). The summed E-state index contributed by atoms with van der Waals surface area (Å²) in [5, 5.41) is 18.9. The smallest absolute Gasteiger partial charge is 0.342 e. The van der Waals surface area contributed by atoms with Gasteiger partial charge in [-0.2, -0.15) is 0 Å². The first-order chi connectivity index (χ1) is 10.6. The molecule has 3 heterocycles. The third-order valence-corrected chi connectivity index (χ3v) is 3.30. The lowest BCUT2D eigenvalue weighted by molar-refractivity contribution is -0.391. The van der Waals surface area contributed by atoms with Crippen molar-refractivity contribution in [3.05, 3.63) is 52.7 Å². The molecule has 0 amide bonds. The van der Waals surface area contributed by atoms with Gasteiger partial charge in [0.25, 0.3) is 0 Å². The van der Waals surface area contributed by atoms with Gasteiger partial charge in [0.15, 0.2) is 5.82 Å². The first kappa shape index (κ1) is 13.9. The van der Waals surface area contributed by atoms with Gasteiger partial charge in [-0.15, -0.1) is 5.10 Å². The van der Waals surface area contributed by atoms with E-state index < -0.39 is 4.92 Å². The van der Waals surface area contributed by atoms with E-state index in [-0.39, 0.29) is 5.82 Å². The normalized spacial score (nSPS) is 11.0. The van der Waals surface area contributed by atoms with Crippen LogP contribution in [0.4, 0.5) is 5.82 Å². The summed E-state index contributed by atoms with van der Waals surface area (Å²) >= 11 is 0. The van der Waals surface area contributed by atoms with Crippen LogP contribution in [-0.4, -0.2) is 39.0 Å². The van der Waals surface area contributed by atoms with E-state index in [1.54, 1.807) is 24.3 Å². The van der Waals surface area contributed by atoms with E-state index >= 15 is 0 Å². The van der Waals surface area contributed by atoms with Gasteiger partial charge in [0.1, 0.15) is 11.9 Å². The van der Waals surface area contributed by atoms with Crippen LogP contribution in [0.1, 0.15) is 11.5 Å². The lowest BCUT2D eigenvalue weighted by Crippen LogP contribution is -2.07. The Morgan fingerprint density at radius 3 is 2.95 bits per heavy atom. The van der Waals surface area contributed by atoms with Crippen LogP contribution < -0.4 is 0 Å². The van der Waals surface area contributed by atoms with Gasteiger partial charge in [0.05, 0.1) is 32.7 Å². The number of nitrogens with zero attached hydrogens (tertiary/aromatic N) is 8. The van der Waals surface area contributed by atoms with Gasteiger partial charge < -0.3 is 14.7 Å². The Morgan fingerprint density at radius 2 is 2.27 bits per heavy atom. The van der Waals surface area contributed by atoms with Crippen molar-refractivity contribution in [2.75, 3.05) is 0 Å². The molecule has 0 aliphatic carbocycles. The minimum atomic E-state index is -0.449. The number of imidazole rings is 2. The summed E-state index contributed by atoms with van der Waals surface area (Å²) in [5.41, 5.74) is 0.823. The zero-order valence-electron chi connectivity index (χ0n) is 11.9. The molecule has 0 aliphatic heterocycles. The molecular weight excluding hydrogens is 288 g/mol. The molecule has 0 spiro atoms. The minimum Gasteiger partial charge on any atom is -0.358 e. The first-order valence-electron chi connectivity index (χ1n) is 6.63. The second-order valence-electron chi connectivity index (χ2n) is 4.81. The average Bonchev–Trinajstić information content (AvgIpc) is 3.19. The monoisotopic (exact) mass is 302 g/mol. The fraction of sp³-hybridized carbons (Fsp3) is 0.333. The summed E-state index contributed by atoms with van der Waals surface area (Å²) < 4.78 is 5.08. The van der Waals surface area contributed by atoms with Crippen LogP contribution in [0.5, 0.6) is 0 Å². The van der Waals surface area contributed by atoms with Crippen LogP contribution in [0.3, 0.4) is 0 Å². The molecule has 0 atom stereocenters. The highest BCUT2D eigenvalue weighted by molar-refractivity contribution is 5.18. The third-order valence-electron chi connectivity index (χ3n) is 3.30. The lowest BCUT2D eigenvalue weighted by atomic mass is 10.4. The molecule has 10 nitrogen and oxygen atoms in total. The van der Waals surface area contributed by atoms with Crippen molar-refractivity contribution in [2.24, 2.45) is 7.05 Å². The predicted octanol–water partition coefficient (Wildman–Crippen LogP) is 0.407. The maximum absolute atomic E-state index is 10.8. The molecule has 0 radical (unpaired) electrons. The van der Waals surface area contributed by atoms with Crippen LogP contribution in [0.25, 0.3) is 0 Å². The Morgan fingerprint density at radius 1 is 1.41 bits per heavy atom. The highest BCUT2D eigenvalue weighted by Crippen LogP contribution is 2.12. The summed E-state index contributed by atoms with van der Waals surface area (Å²) in [7, 11) is 1.63. The van der Waals surface area contributed by atoms with Crippen molar-refractivity contribution in [1.29, 1.82) is 0 Å². The maximum atomic E-state index is 10.8. The van der Waals surface area contributed by atoms with Gasteiger partial charge in [0, 0.05) is 18.8 Å². The summed E-state index contributed by atoms with van der Waals surface area (Å²) in [4.78, 5) is 18.4. The van der Waals surface area contributed by atoms with E-state index in [0.717, 1.165) is 5.69 Å². The quantitative estimate of drug-likeness (QED) is 0.482. The third kappa shape index (κ3) is 2.85. The largest absolute Gasteiger partial charge is 0.358 e. The molecule has 10 heteroatoms. The van der Waals surface area contributed by atoms with Crippen LogP contribution in [0.15, 0.2) is 31.1 Å². The fourth-order valence-corrected chi connectivity index (χ4v) is 2.14. The van der Waals surface area contributed by atoms with Crippen molar-refractivity contribution in [2.45, 2.75) is 19.5 Å². The summed E-state index contributed by atoms with van der Waals surface area (Å²) in [6, 6.07) is 0. The fourth-order valence-electron chi connectivity index (χ4n) is 2.14. The minimum absolute atomic E-state index is 0.0191. The zero-order chi connectivity index (χ0) is 15.5. The Bertz CT molecular complexity index is 773. The number of aromatic nitrogens is 7. The Balaban J connectivity index is 1.62. The molecule has 3 aromatic rings. The molecule has 0 saturated carbocycles. The molecule has 0 N–H and O–H groups in total. The predicted molar refractivity (Wildman–Crippen MR) is 74.9 cm³/mol. The number of nitro groups is 1. The van der Waals surface area contributed by atoms with Gasteiger partial charge in [0.2, 0.25) is 0 Å². The van der Waals surface area contributed by atoms with Crippen molar-refractivity contribution < 1.29 is 4.92 Å². The molecule has 114 valence electrons. The summed E-state index contributed by atoms with van der Waals surface area (Å²) in [6.45, 7) is 1.16. The summed E-state index contributed by atoms with van der Waals surface area (Å²) in [5.74, 6) is 0.618. The van der Waals surface area contributed by atoms with Crippen LogP contribution in [0.2, 0.25) is 0 Å². The van der Waals surface area contributed by atoms with Crippen molar-refractivity contribution in [1.82, 2.24) is 34.1 Å². The molecule has 0 aliphatic rings. The lowest BCUT2D eigenvalue weighted by Gasteiger charge is -1.99. The van der Waals surface area contributed by atoms with Gasteiger partial charge in [-0.3, -0.25) is 4.68 Å². The van der Waals surface area contributed by atoms with Gasteiger partial charge >= 0.3 is 5.82 Å². The number of rotatable bonds is 6. The van der Waals surface area contributed by atoms with E-state index in [9.17, 15) is 10.1 Å². The number of hydrogen-bond donors (Lipinski definition) is 0. The van der Waals surface area contributed by atoms with Crippen LogP contribution in [-0.2, 0) is 26.6 Å². The second-order valence-corrected chi connectivity index (χ2v) is 4.81. The second kappa shape index (κ2) is 5.76. The topological polar surface area (TPSA) is 109 Å². The molecule has 0 aromatic carbocycles. The molecule has 22 heavy (non-hydrogen) atoms. The average molecular weight is 302 g/mol. The standard InChI is InChI=1S/C12H14N8O2/c1-17-11(14-6-12(17)20(21)22)2-4-19-8-10(15-16-19)7-18-5-3-13-9-18/h3,5-6,8-9H,2,4,7H2,1H3. The maximum Gasteiger partial charge on any atom is 0.342 e. The van der Waals surface area contributed by atoms with E-state index in [4.69, 9.17) is 0 Å². The SMILES string of the molecule is Cn1c([N+](=O)[O-])cnc1CCn1cc(Cn2ccnc2)nn1. The van der Waals surface area contributed by atoms with E-state index in [1.807, 2.05) is 17.0 Å². The molecule has 0 fully saturated rings. The molecular formula is C12H14N8O2. The molecule has 3 aromatic heterocycles. The van der Waals surface area contributed by atoms with Crippen molar-refractivity contribution in [3.8, 4) is 0 Å². The van der Waals surface area contributed by atoms with E-state index in [2.05, 4.69) is 20.3 Å². The Labute approximate surface area is 125 Å². The van der Waals surface area contributed by atoms with E-state index in [1.165, 1.54) is 10.8 Å². The van der Waals surface area contributed by atoms with E-state index in [0.29, 0.717) is 25.3 Å². The Kier molecular flexibility index (Phi) is 3.64. The van der Waals surface area contributed by atoms with Crippen molar-refractivity contribution in [3.63, 3.8) is 0 Å². The molecule has 0 unspecified atom stereocenters. The van der Waals surface area contributed by atoms with Gasteiger partial charge in [-0.25, -0.2) is 14.5 Å². The highest BCUT2D eigenvalue weighted by Gasteiger charge is 2.16. The molecule has 0 saturated heterocycles. The summed E-state index contributed by atoms with van der Waals surface area (Å²) in [6.07, 6.45) is 8.92.